The van der Waals surface area contributed by atoms with Gasteiger partial charge >= 0.3 is 6.09 Å². The molecule has 22 heavy (non-hydrogen) atoms. The van der Waals surface area contributed by atoms with Gasteiger partial charge in [-0.25, -0.2) is 4.79 Å². The highest BCUT2D eigenvalue weighted by Gasteiger charge is 2.29. The molecule has 0 bridgehead atoms. The summed E-state index contributed by atoms with van der Waals surface area (Å²) in [5.74, 6) is 0. The number of hydrogen-bond donors (Lipinski definition) is 1. The average molecular weight is 369 g/mol. The van der Waals surface area contributed by atoms with Crippen molar-refractivity contribution in [1.82, 2.24) is 4.90 Å². The SMILES string of the molecule is CCc1cc(Br)ccc1NC1CCN(C(=O)OC(C)(C)C)C1. The maximum atomic E-state index is 12.1. The number of ether oxygens (including phenoxy) is 1. The maximum Gasteiger partial charge on any atom is 0.410 e. The third kappa shape index (κ3) is 4.63. The molecule has 0 saturated carbocycles. The first-order chi connectivity index (χ1) is 10.3. The molecule has 1 aliphatic rings. The Hall–Kier alpha value is -1.23. The van der Waals surface area contributed by atoms with E-state index in [1.807, 2.05) is 26.8 Å². The lowest BCUT2D eigenvalue weighted by atomic mass is 10.1. The van der Waals surface area contributed by atoms with Gasteiger partial charge in [-0.3, -0.25) is 0 Å². The number of carbonyl (C=O) groups is 1. The smallest absolute Gasteiger partial charge is 0.410 e. The number of amides is 1. The quantitative estimate of drug-likeness (QED) is 0.857. The van der Waals surface area contributed by atoms with Crippen molar-refractivity contribution in [2.45, 2.75) is 52.2 Å². The zero-order valence-electron chi connectivity index (χ0n) is 13.8. The monoisotopic (exact) mass is 368 g/mol. The Labute approximate surface area is 141 Å². The van der Waals surface area contributed by atoms with Gasteiger partial charge in [0.2, 0.25) is 0 Å². The van der Waals surface area contributed by atoms with Crippen LogP contribution in [-0.2, 0) is 11.2 Å². The fraction of sp³-hybridized carbons (Fsp3) is 0.588. The largest absolute Gasteiger partial charge is 0.444 e. The molecule has 1 aromatic carbocycles. The van der Waals surface area contributed by atoms with Crippen molar-refractivity contribution in [2.75, 3.05) is 18.4 Å². The molecule has 1 aliphatic heterocycles. The Morgan fingerprint density at radius 3 is 2.82 bits per heavy atom. The van der Waals surface area contributed by atoms with Crippen LogP contribution in [0, 0.1) is 0 Å². The van der Waals surface area contributed by atoms with Gasteiger partial charge in [0.1, 0.15) is 5.60 Å². The summed E-state index contributed by atoms with van der Waals surface area (Å²) in [7, 11) is 0. The predicted octanol–water partition coefficient (Wildman–Crippen LogP) is 4.43. The van der Waals surface area contributed by atoms with E-state index >= 15 is 0 Å². The molecule has 1 saturated heterocycles. The van der Waals surface area contributed by atoms with E-state index < -0.39 is 5.60 Å². The van der Waals surface area contributed by atoms with Crippen LogP contribution in [0.5, 0.6) is 0 Å². The maximum absolute atomic E-state index is 12.1. The molecule has 1 N–H and O–H groups in total. The first kappa shape index (κ1) is 17.1. The summed E-state index contributed by atoms with van der Waals surface area (Å²) in [5, 5.41) is 3.57. The van der Waals surface area contributed by atoms with E-state index in [0.717, 1.165) is 29.5 Å². The molecule has 1 aromatic rings. The lowest BCUT2D eigenvalue weighted by Crippen LogP contribution is -2.36. The third-order valence-electron chi connectivity index (χ3n) is 3.65. The van der Waals surface area contributed by atoms with Crippen LogP contribution in [-0.4, -0.2) is 35.7 Å². The number of benzene rings is 1. The molecule has 0 spiro atoms. The molecule has 4 nitrogen and oxygen atoms in total. The van der Waals surface area contributed by atoms with Crippen molar-refractivity contribution in [3.8, 4) is 0 Å². The minimum Gasteiger partial charge on any atom is -0.444 e. The first-order valence-corrected chi connectivity index (χ1v) is 8.60. The number of nitrogens with zero attached hydrogens (tertiary/aromatic N) is 1. The highest BCUT2D eigenvalue weighted by molar-refractivity contribution is 9.10. The van der Waals surface area contributed by atoms with Gasteiger partial charge in [0.05, 0.1) is 0 Å². The molecule has 122 valence electrons. The molecule has 5 heteroatoms. The second-order valence-corrected chi connectivity index (χ2v) is 7.63. The van der Waals surface area contributed by atoms with E-state index in [0.29, 0.717) is 6.54 Å². The minimum atomic E-state index is -0.441. The van der Waals surface area contributed by atoms with Gasteiger partial charge in [-0.1, -0.05) is 22.9 Å². The normalized spacial score (nSPS) is 18.4. The Morgan fingerprint density at radius 2 is 2.18 bits per heavy atom. The van der Waals surface area contributed by atoms with Gasteiger partial charge in [-0.05, 0) is 57.4 Å². The highest BCUT2D eigenvalue weighted by Crippen LogP contribution is 2.24. The number of nitrogens with one attached hydrogen (secondary N) is 1. The Bertz CT molecular complexity index is 540. The summed E-state index contributed by atoms with van der Waals surface area (Å²) >= 11 is 3.51. The molecule has 2 rings (SSSR count). The number of halogens is 1. The van der Waals surface area contributed by atoms with Crippen LogP contribution in [0.25, 0.3) is 0 Å². The summed E-state index contributed by atoms with van der Waals surface area (Å²) < 4.78 is 6.53. The Kier molecular flexibility index (Phi) is 5.37. The number of carbonyl (C=O) groups excluding carboxylic acids is 1. The summed E-state index contributed by atoms with van der Waals surface area (Å²) in [6.07, 6.45) is 1.70. The van der Waals surface area contributed by atoms with Gasteiger partial charge in [-0.15, -0.1) is 0 Å². The second kappa shape index (κ2) is 6.90. The van der Waals surface area contributed by atoms with Crippen LogP contribution in [0.1, 0.15) is 39.7 Å². The van der Waals surface area contributed by atoms with Crippen LogP contribution in [0.15, 0.2) is 22.7 Å². The molecule has 0 aliphatic carbocycles. The zero-order valence-corrected chi connectivity index (χ0v) is 15.4. The van der Waals surface area contributed by atoms with Gasteiger partial charge in [0.25, 0.3) is 0 Å². The number of likely N-dealkylation sites (tertiary alicyclic amines) is 1. The fourth-order valence-electron chi connectivity index (χ4n) is 2.59. The molecule has 1 fully saturated rings. The van der Waals surface area contributed by atoms with Crippen molar-refractivity contribution >= 4 is 27.7 Å². The summed E-state index contributed by atoms with van der Waals surface area (Å²) in [6.45, 7) is 9.26. The van der Waals surface area contributed by atoms with Gasteiger partial charge in [0, 0.05) is 29.3 Å². The lowest BCUT2D eigenvalue weighted by Gasteiger charge is -2.24. The van der Waals surface area contributed by atoms with Crippen molar-refractivity contribution in [3.05, 3.63) is 28.2 Å². The van der Waals surface area contributed by atoms with Crippen molar-refractivity contribution in [3.63, 3.8) is 0 Å². The summed E-state index contributed by atoms with van der Waals surface area (Å²) in [4.78, 5) is 13.9. The van der Waals surface area contributed by atoms with E-state index in [2.05, 4.69) is 40.3 Å². The number of rotatable bonds is 3. The molecular weight excluding hydrogens is 344 g/mol. The average Bonchev–Trinajstić information content (AvgIpc) is 2.87. The number of anilines is 1. The van der Waals surface area contributed by atoms with Crippen molar-refractivity contribution in [1.29, 1.82) is 0 Å². The van der Waals surface area contributed by atoms with Crippen LogP contribution < -0.4 is 5.32 Å². The standard InChI is InChI=1S/C17H25BrN2O2/c1-5-12-10-13(18)6-7-15(12)19-14-8-9-20(11-14)16(21)22-17(2,3)4/h6-7,10,14,19H,5,8-9,11H2,1-4H3. The minimum absolute atomic E-state index is 0.219. The fourth-order valence-corrected chi connectivity index (χ4v) is 2.99. The third-order valence-corrected chi connectivity index (χ3v) is 4.14. The number of aryl methyl sites for hydroxylation is 1. The van der Waals surface area contributed by atoms with Gasteiger partial charge < -0.3 is 15.0 Å². The van der Waals surface area contributed by atoms with Crippen LogP contribution in [0.2, 0.25) is 0 Å². The molecule has 1 amide bonds. The van der Waals surface area contributed by atoms with E-state index in [-0.39, 0.29) is 12.1 Å². The first-order valence-electron chi connectivity index (χ1n) is 7.81. The number of hydrogen-bond acceptors (Lipinski definition) is 3. The Balaban J connectivity index is 1.95. The van der Waals surface area contributed by atoms with Gasteiger partial charge in [-0.2, -0.15) is 0 Å². The summed E-state index contributed by atoms with van der Waals surface area (Å²) in [5.41, 5.74) is 2.00. The molecule has 0 aromatic heterocycles. The van der Waals surface area contributed by atoms with Crippen LogP contribution in [0.3, 0.4) is 0 Å². The molecule has 1 unspecified atom stereocenters. The predicted molar refractivity (Wildman–Crippen MR) is 93.4 cm³/mol. The van der Waals surface area contributed by atoms with Crippen molar-refractivity contribution in [2.24, 2.45) is 0 Å². The van der Waals surface area contributed by atoms with E-state index in [9.17, 15) is 4.79 Å². The van der Waals surface area contributed by atoms with Crippen LogP contribution >= 0.6 is 15.9 Å². The summed E-state index contributed by atoms with van der Waals surface area (Å²) in [6, 6.07) is 6.56. The molecule has 1 heterocycles. The molecule has 0 radical (unpaired) electrons. The second-order valence-electron chi connectivity index (χ2n) is 6.71. The topological polar surface area (TPSA) is 41.6 Å². The highest BCUT2D eigenvalue weighted by atomic mass is 79.9. The van der Waals surface area contributed by atoms with E-state index in [1.165, 1.54) is 5.56 Å². The lowest BCUT2D eigenvalue weighted by molar-refractivity contribution is 0.0293. The zero-order chi connectivity index (χ0) is 16.3. The molecule has 1 atom stereocenters. The van der Waals surface area contributed by atoms with E-state index in [4.69, 9.17) is 4.74 Å². The van der Waals surface area contributed by atoms with Crippen LogP contribution in [0.4, 0.5) is 10.5 Å². The van der Waals surface area contributed by atoms with Crippen molar-refractivity contribution < 1.29 is 9.53 Å². The van der Waals surface area contributed by atoms with Gasteiger partial charge in [0.15, 0.2) is 0 Å². The Morgan fingerprint density at radius 1 is 1.45 bits per heavy atom. The van der Waals surface area contributed by atoms with E-state index in [1.54, 1.807) is 4.90 Å². The molecular formula is C17H25BrN2O2.